The third kappa shape index (κ3) is 3.83. The van der Waals surface area contributed by atoms with E-state index >= 15 is 0 Å². The molecular weight excluding hydrogens is 316 g/mol. The summed E-state index contributed by atoms with van der Waals surface area (Å²) in [4.78, 5) is 12.3. The molecule has 3 rings (SSSR count). The molecule has 5 heteroatoms. The lowest BCUT2D eigenvalue weighted by Crippen LogP contribution is -2.31. The van der Waals surface area contributed by atoms with E-state index in [-0.39, 0.29) is 19.0 Å². The number of benzene rings is 2. The number of methoxy groups -OCH3 is 1. The van der Waals surface area contributed by atoms with Crippen molar-refractivity contribution < 1.29 is 14.6 Å². The highest BCUT2D eigenvalue weighted by Gasteiger charge is 2.12. The van der Waals surface area contributed by atoms with Crippen LogP contribution in [0.15, 0.2) is 54.6 Å². The monoisotopic (exact) mass is 338 g/mol. The molecule has 0 bridgehead atoms. The normalized spacial score (nSPS) is 12.1. The van der Waals surface area contributed by atoms with Gasteiger partial charge in [0, 0.05) is 17.8 Å². The van der Waals surface area contributed by atoms with Gasteiger partial charge in [0.2, 0.25) is 5.91 Å². The van der Waals surface area contributed by atoms with Gasteiger partial charge >= 0.3 is 0 Å². The van der Waals surface area contributed by atoms with Crippen LogP contribution in [0.3, 0.4) is 0 Å². The number of rotatable bonds is 6. The third-order valence-electron chi connectivity index (χ3n) is 4.31. The van der Waals surface area contributed by atoms with E-state index in [4.69, 9.17) is 4.74 Å². The second kappa shape index (κ2) is 7.40. The smallest absolute Gasteiger partial charge is 0.240 e. The highest BCUT2D eigenvalue weighted by atomic mass is 16.5. The van der Waals surface area contributed by atoms with Crippen LogP contribution in [0, 0.1) is 6.92 Å². The second-order valence-electron chi connectivity index (χ2n) is 6.02. The average molecular weight is 338 g/mol. The Hall–Kier alpha value is -2.79. The number of aryl methyl sites for hydroxylation is 1. The standard InChI is InChI=1S/C20H22N2O3/c1-14-11-16-5-3-4-6-18(16)22(14)13-20(24)21-12-19(23)15-7-9-17(25-2)10-8-15/h3-11,19,23H,12-13H2,1-2H3,(H,21,24). The number of ether oxygens (including phenoxy) is 1. The van der Waals surface area contributed by atoms with Gasteiger partial charge in [0.05, 0.1) is 13.2 Å². The summed E-state index contributed by atoms with van der Waals surface area (Å²) in [6.07, 6.45) is -0.752. The zero-order valence-electron chi connectivity index (χ0n) is 14.4. The molecule has 0 saturated heterocycles. The molecule has 0 spiro atoms. The third-order valence-corrected chi connectivity index (χ3v) is 4.31. The zero-order chi connectivity index (χ0) is 17.8. The largest absolute Gasteiger partial charge is 0.497 e. The fraction of sp³-hybridized carbons (Fsp3) is 0.250. The minimum Gasteiger partial charge on any atom is -0.497 e. The van der Waals surface area contributed by atoms with Crippen molar-refractivity contribution in [3.63, 3.8) is 0 Å². The Kier molecular flexibility index (Phi) is 5.05. The number of hydrogen-bond acceptors (Lipinski definition) is 3. The average Bonchev–Trinajstić information content (AvgIpc) is 2.95. The Balaban J connectivity index is 1.61. The molecule has 5 nitrogen and oxygen atoms in total. The Morgan fingerprint density at radius 3 is 2.64 bits per heavy atom. The quantitative estimate of drug-likeness (QED) is 0.726. The molecule has 1 aromatic heterocycles. The molecule has 1 atom stereocenters. The molecule has 1 heterocycles. The lowest BCUT2D eigenvalue weighted by molar-refractivity contribution is -0.122. The van der Waals surface area contributed by atoms with E-state index in [0.29, 0.717) is 0 Å². The van der Waals surface area contributed by atoms with Gasteiger partial charge in [0.25, 0.3) is 0 Å². The van der Waals surface area contributed by atoms with Crippen molar-refractivity contribution in [1.82, 2.24) is 9.88 Å². The maximum Gasteiger partial charge on any atom is 0.240 e. The molecular formula is C20H22N2O3. The fourth-order valence-corrected chi connectivity index (χ4v) is 2.91. The Morgan fingerprint density at radius 1 is 1.20 bits per heavy atom. The van der Waals surface area contributed by atoms with Gasteiger partial charge in [-0.25, -0.2) is 0 Å². The van der Waals surface area contributed by atoms with E-state index in [2.05, 4.69) is 11.4 Å². The zero-order valence-corrected chi connectivity index (χ0v) is 14.4. The Morgan fingerprint density at radius 2 is 1.92 bits per heavy atom. The van der Waals surface area contributed by atoms with Crippen molar-refractivity contribution in [2.45, 2.75) is 19.6 Å². The van der Waals surface area contributed by atoms with Gasteiger partial charge in [-0.2, -0.15) is 0 Å². The number of para-hydroxylation sites is 1. The summed E-state index contributed by atoms with van der Waals surface area (Å²) in [5, 5.41) is 14.1. The number of aromatic nitrogens is 1. The number of aliphatic hydroxyl groups excluding tert-OH is 1. The van der Waals surface area contributed by atoms with Crippen LogP contribution in [-0.4, -0.2) is 29.2 Å². The van der Waals surface area contributed by atoms with Crippen LogP contribution < -0.4 is 10.1 Å². The van der Waals surface area contributed by atoms with Gasteiger partial charge in [-0.1, -0.05) is 30.3 Å². The van der Waals surface area contributed by atoms with Crippen molar-refractivity contribution in [2.24, 2.45) is 0 Å². The molecule has 3 aromatic rings. The van der Waals surface area contributed by atoms with Crippen LogP contribution in [-0.2, 0) is 11.3 Å². The molecule has 0 aliphatic heterocycles. The summed E-state index contributed by atoms with van der Waals surface area (Å²) in [5.74, 6) is 0.604. The van der Waals surface area contributed by atoms with Crippen LogP contribution in [0.2, 0.25) is 0 Å². The maximum atomic E-state index is 12.3. The SMILES string of the molecule is COc1ccc(C(O)CNC(=O)Cn2c(C)cc3ccccc32)cc1. The van der Waals surface area contributed by atoms with Gasteiger partial charge in [0.15, 0.2) is 0 Å². The Labute approximate surface area is 146 Å². The number of nitrogens with zero attached hydrogens (tertiary/aromatic N) is 1. The van der Waals surface area contributed by atoms with Gasteiger partial charge in [-0.05, 0) is 42.1 Å². The molecule has 0 radical (unpaired) electrons. The summed E-state index contributed by atoms with van der Waals surface area (Å²) < 4.78 is 7.07. The summed E-state index contributed by atoms with van der Waals surface area (Å²) >= 11 is 0. The van der Waals surface area contributed by atoms with Gasteiger partial charge in [-0.15, -0.1) is 0 Å². The summed E-state index contributed by atoms with van der Waals surface area (Å²) in [6.45, 7) is 2.39. The van der Waals surface area contributed by atoms with Crippen molar-refractivity contribution >= 4 is 16.8 Å². The molecule has 0 aliphatic carbocycles. The molecule has 130 valence electrons. The van der Waals surface area contributed by atoms with Crippen molar-refractivity contribution in [3.05, 3.63) is 65.9 Å². The van der Waals surface area contributed by atoms with Crippen LogP contribution in [0.4, 0.5) is 0 Å². The van der Waals surface area contributed by atoms with E-state index in [1.165, 1.54) is 0 Å². The van der Waals surface area contributed by atoms with E-state index in [1.54, 1.807) is 31.4 Å². The van der Waals surface area contributed by atoms with Crippen LogP contribution in [0.5, 0.6) is 5.75 Å². The first-order valence-electron chi connectivity index (χ1n) is 8.22. The lowest BCUT2D eigenvalue weighted by atomic mass is 10.1. The van der Waals surface area contributed by atoms with Gasteiger partial charge < -0.3 is 19.7 Å². The molecule has 0 aliphatic rings. The Bertz CT molecular complexity index is 868. The minimum absolute atomic E-state index is 0.128. The first-order valence-corrected chi connectivity index (χ1v) is 8.22. The van der Waals surface area contributed by atoms with Gasteiger partial charge in [0.1, 0.15) is 12.3 Å². The molecule has 0 saturated carbocycles. The van der Waals surface area contributed by atoms with E-state index in [9.17, 15) is 9.90 Å². The molecule has 2 N–H and O–H groups in total. The van der Waals surface area contributed by atoms with E-state index < -0.39 is 6.10 Å². The molecule has 2 aromatic carbocycles. The number of carbonyl (C=O) groups excluding carboxylic acids is 1. The number of nitrogens with one attached hydrogen (secondary N) is 1. The molecule has 1 amide bonds. The minimum atomic E-state index is -0.752. The lowest BCUT2D eigenvalue weighted by Gasteiger charge is -2.14. The van der Waals surface area contributed by atoms with E-state index in [1.807, 2.05) is 35.8 Å². The summed E-state index contributed by atoms with van der Waals surface area (Å²) in [5.41, 5.74) is 2.81. The first kappa shape index (κ1) is 17.0. The van der Waals surface area contributed by atoms with Crippen molar-refractivity contribution in [2.75, 3.05) is 13.7 Å². The highest BCUT2D eigenvalue weighted by molar-refractivity contribution is 5.84. The second-order valence-corrected chi connectivity index (χ2v) is 6.02. The van der Waals surface area contributed by atoms with Gasteiger partial charge in [-0.3, -0.25) is 4.79 Å². The maximum absolute atomic E-state index is 12.3. The first-order chi connectivity index (χ1) is 12.1. The number of amides is 1. The van der Waals surface area contributed by atoms with E-state index in [0.717, 1.165) is 27.9 Å². The predicted molar refractivity (Wildman–Crippen MR) is 97.6 cm³/mol. The summed E-state index contributed by atoms with van der Waals surface area (Å²) in [7, 11) is 1.60. The molecule has 1 unspecified atom stereocenters. The van der Waals surface area contributed by atoms with Crippen LogP contribution in [0.1, 0.15) is 17.4 Å². The van der Waals surface area contributed by atoms with Crippen molar-refractivity contribution in [1.29, 1.82) is 0 Å². The number of hydrogen-bond donors (Lipinski definition) is 2. The summed E-state index contributed by atoms with van der Waals surface area (Å²) in [6, 6.07) is 17.2. The molecule has 0 fully saturated rings. The number of carbonyl (C=O) groups is 1. The topological polar surface area (TPSA) is 63.5 Å². The molecule has 25 heavy (non-hydrogen) atoms. The van der Waals surface area contributed by atoms with Crippen LogP contribution in [0.25, 0.3) is 10.9 Å². The number of fused-ring (bicyclic) bond motifs is 1. The fourth-order valence-electron chi connectivity index (χ4n) is 2.91. The number of aliphatic hydroxyl groups is 1. The van der Waals surface area contributed by atoms with Crippen LogP contribution >= 0.6 is 0 Å². The predicted octanol–water partition coefficient (Wildman–Crippen LogP) is 2.81. The van der Waals surface area contributed by atoms with Crippen molar-refractivity contribution in [3.8, 4) is 5.75 Å². The highest BCUT2D eigenvalue weighted by Crippen LogP contribution is 2.19.